The zero-order chi connectivity index (χ0) is 25.1. The Morgan fingerprint density at radius 3 is 2.14 bits per heavy atom. The van der Waals surface area contributed by atoms with Crippen molar-refractivity contribution >= 4 is 39.0 Å². The molecule has 0 saturated heterocycles. The number of hydrogen-bond acceptors (Lipinski definition) is 4. The second-order valence-electron chi connectivity index (χ2n) is 9.92. The van der Waals surface area contributed by atoms with Gasteiger partial charge in [-0.25, -0.2) is 4.98 Å². The molecule has 7 rings (SSSR count). The third-order valence-electron chi connectivity index (χ3n) is 7.51. The number of pyridine rings is 2. The molecule has 0 atom stereocenters. The zero-order valence-corrected chi connectivity index (χ0v) is 20.6. The van der Waals surface area contributed by atoms with Crippen LogP contribution in [0.2, 0.25) is 0 Å². The van der Waals surface area contributed by atoms with E-state index in [1.807, 2.05) is 36.5 Å². The van der Waals surface area contributed by atoms with Gasteiger partial charge >= 0.3 is 0 Å². The van der Waals surface area contributed by atoms with Crippen LogP contribution in [0.25, 0.3) is 27.6 Å². The topological polar surface area (TPSA) is 57.7 Å². The summed E-state index contributed by atoms with van der Waals surface area (Å²) < 4.78 is 2.16. The first-order valence-corrected chi connectivity index (χ1v) is 12.3. The maximum Gasteiger partial charge on any atom is 0.140 e. The first-order chi connectivity index (χ1) is 18.1. The number of nitrogens with zero attached hydrogens (tertiary/aromatic N) is 5. The molecule has 1 aliphatic heterocycles. The van der Waals surface area contributed by atoms with E-state index in [9.17, 15) is 5.26 Å². The summed E-state index contributed by atoms with van der Waals surface area (Å²) in [5, 5.41) is 11.5. The lowest BCUT2D eigenvalue weighted by molar-refractivity contribution is 0.631. The van der Waals surface area contributed by atoms with E-state index in [4.69, 9.17) is 4.98 Å². The van der Waals surface area contributed by atoms with Crippen LogP contribution < -0.4 is 4.90 Å². The van der Waals surface area contributed by atoms with Gasteiger partial charge in [0.05, 0.1) is 34.0 Å². The van der Waals surface area contributed by atoms with Gasteiger partial charge in [-0.2, -0.15) is 5.26 Å². The first-order valence-electron chi connectivity index (χ1n) is 12.3. The van der Waals surface area contributed by atoms with Crippen LogP contribution in [0, 0.1) is 11.3 Å². The summed E-state index contributed by atoms with van der Waals surface area (Å²) in [4.78, 5) is 11.9. The zero-order valence-electron chi connectivity index (χ0n) is 20.6. The summed E-state index contributed by atoms with van der Waals surface area (Å²) >= 11 is 0. The second kappa shape index (κ2) is 7.78. The van der Waals surface area contributed by atoms with Gasteiger partial charge in [-0.05, 0) is 59.7 Å². The van der Waals surface area contributed by atoms with E-state index in [0.717, 1.165) is 44.8 Å². The minimum Gasteiger partial charge on any atom is -0.294 e. The average molecular weight is 478 g/mol. The van der Waals surface area contributed by atoms with Crippen LogP contribution in [0.3, 0.4) is 0 Å². The third-order valence-corrected chi connectivity index (χ3v) is 7.51. The molecule has 1 aliphatic rings. The molecule has 6 aromatic rings. The van der Waals surface area contributed by atoms with Crippen LogP contribution in [-0.4, -0.2) is 14.5 Å². The average Bonchev–Trinajstić information content (AvgIpc) is 3.27. The van der Waals surface area contributed by atoms with Gasteiger partial charge in [0.2, 0.25) is 0 Å². The van der Waals surface area contributed by atoms with Gasteiger partial charge in [0.15, 0.2) is 0 Å². The van der Waals surface area contributed by atoms with Crippen molar-refractivity contribution < 1.29 is 0 Å². The maximum absolute atomic E-state index is 9.48. The van der Waals surface area contributed by atoms with Crippen molar-refractivity contribution in [3.63, 3.8) is 0 Å². The molecular formula is C32H23N5. The lowest BCUT2D eigenvalue weighted by Crippen LogP contribution is -2.30. The Morgan fingerprint density at radius 1 is 0.730 bits per heavy atom. The quantitative estimate of drug-likeness (QED) is 0.258. The Balaban J connectivity index is 1.49. The summed E-state index contributed by atoms with van der Waals surface area (Å²) in [6.45, 7) is 4.57. The van der Waals surface area contributed by atoms with E-state index in [1.165, 1.54) is 11.1 Å². The highest BCUT2D eigenvalue weighted by Gasteiger charge is 2.36. The number of anilines is 3. The highest BCUT2D eigenvalue weighted by molar-refractivity contribution is 6.09. The van der Waals surface area contributed by atoms with Crippen molar-refractivity contribution in [2.75, 3.05) is 4.90 Å². The molecule has 3 aromatic heterocycles. The predicted octanol–water partition coefficient (Wildman–Crippen LogP) is 7.55. The molecule has 0 bridgehead atoms. The molecule has 0 N–H and O–H groups in total. The van der Waals surface area contributed by atoms with Crippen molar-refractivity contribution in [2.45, 2.75) is 19.3 Å². The van der Waals surface area contributed by atoms with E-state index in [0.29, 0.717) is 5.56 Å². The Hall–Kier alpha value is -4.95. The van der Waals surface area contributed by atoms with E-state index in [2.05, 4.69) is 95.0 Å². The molecule has 4 heterocycles. The summed E-state index contributed by atoms with van der Waals surface area (Å²) in [7, 11) is 0. The van der Waals surface area contributed by atoms with Crippen LogP contribution >= 0.6 is 0 Å². The number of aromatic nitrogens is 3. The maximum atomic E-state index is 9.48. The summed E-state index contributed by atoms with van der Waals surface area (Å²) in [5.41, 5.74) is 7.32. The van der Waals surface area contributed by atoms with Crippen molar-refractivity contribution in [2.24, 2.45) is 0 Å². The van der Waals surface area contributed by atoms with E-state index in [-0.39, 0.29) is 5.41 Å². The summed E-state index contributed by atoms with van der Waals surface area (Å²) in [5.74, 6) is 1.67. The second-order valence-corrected chi connectivity index (χ2v) is 9.92. The van der Waals surface area contributed by atoms with E-state index < -0.39 is 0 Å². The molecule has 0 unspecified atom stereocenters. The SMILES string of the molecule is CC1(C)c2ccccc2N(c2cccc(-n3c4ccncc4c4cc(C#N)ccc43)n2)c2ccccc21. The first kappa shape index (κ1) is 21.3. The Morgan fingerprint density at radius 2 is 1.41 bits per heavy atom. The van der Waals surface area contributed by atoms with Gasteiger partial charge < -0.3 is 0 Å². The Bertz CT molecular complexity index is 1840. The van der Waals surface area contributed by atoms with Crippen LogP contribution in [0.5, 0.6) is 0 Å². The highest BCUT2D eigenvalue weighted by Crippen LogP contribution is 2.51. The van der Waals surface area contributed by atoms with Crippen molar-refractivity contribution in [3.05, 3.63) is 120 Å². The predicted molar refractivity (Wildman–Crippen MR) is 148 cm³/mol. The molecule has 0 aliphatic carbocycles. The van der Waals surface area contributed by atoms with Crippen LogP contribution in [0.4, 0.5) is 17.2 Å². The summed E-state index contributed by atoms with van der Waals surface area (Å²) in [6, 6.07) is 33.4. The molecule has 0 saturated carbocycles. The van der Waals surface area contributed by atoms with Gasteiger partial charge in [-0.15, -0.1) is 0 Å². The Kier molecular flexibility index (Phi) is 4.49. The number of rotatable bonds is 2. The fourth-order valence-corrected chi connectivity index (χ4v) is 5.76. The van der Waals surface area contributed by atoms with Gasteiger partial charge in [0.1, 0.15) is 11.6 Å². The molecule has 0 spiro atoms. The van der Waals surface area contributed by atoms with Gasteiger partial charge in [0.25, 0.3) is 0 Å². The van der Waals surface area contributed by atoms with Crippen LogP contribution in [0.15, 0.2) is 103 Å². The van der Waals surface area contributed by atoms with E-state index in [1.54, 1.807) is 6.20 Å². The number of para-hydroxylation sites is 2. The van der Waals surface area contributed by atoms with Crippen LogP contribution in [0.1, 0.15) is 30.5 Å². The van der Waals surface area contributed by atoms with Gasteiger partial charge in [0, 0.05) is 28.6 Å². The molecule has 5 nitrogen and oxygen atoms in total. The number of benzene rings is 3. The molecule has 5 heteroatoms. The smallest absolute Gasteiger partial charge is 0.140 e. The number of nitriles is 1. The number of fused-ring (bicyclic) bond motifs is 5. The Labute approximate surface area is 214 Å². The standard InChI is InChI=1S/C32H23N5/c1-32(2)24-8-3-5-10-28(24)37(29-11-6-4-9-25(29)32)31-13-7-12-30(35-31)36-26-15-14-21(19-33)18-22(26)23-20-34-17-16-27(23)36/h3-18,20H,1-2H3. The lowest BCUT2D eigenvalue weighted by Gasteiger charge is -2.41. The fourth-order valence-electron chi connectivity index (χ4n) is 5.76. The monoisotopic (exact) mass is 477 g/mol. The van der Waals surface area contributed by atoms with Crippen molar-refractivity contribution in [1.82, 2.24) is 14.5 Å². The molecular weight excluding hydrogens is 454 g/mol. The summed E-state index contributed by atoms with van der Waals surface area (Å²) in [6.07, 6.45) is 3.66. The number of hydrogen-bond donors (Lipinski definition) is 0. The largest absolute Gasteiger partial charge is 0.294 e. The highest BCUT2D eigenvalue weighted by atomic mass is 15.2. The van der Waals surface area contributed by atoms with E-state index >= 15 is 0 Å². The van der Waals surface area contributed by atoms with Crippen molar-refractivity contribution in [3.8, 4) is 11.9 Å². The lowest BCUT2D eigenvalue weighted by atomic mass is 9.73. The molecule has 176 valence electrons. The minimum atomic E-state index is -0.125. The molecule has 3 aromatic carbocycles. The molecule has 0 radical (unpaired) electrons. The normalized spacial score (nSPS) is 13.8. The molecule has 0 fully saturated rings. The molecule has 37 heavy (non-hydrogen) atoms. The van der Waals surface area contributed by atoms with Gasteiger partial charge in [-0.3, -0.25) is 14.5 Å². The third kappa shape index (κ3) is 3.03. The van der Waals surface area contributed by atoms with Crippen LogP contribution in [-0.2, 0) is 5.41 Å². The van der Waals surface area contributed by atoms with Gasteiger partial charge in [-0.1, -0.05) is 56.3 Å². The van der Waals surface area contributed by atoms with Crippen molar-refractivity contribution in [1.29, 1.82) is 5.26 Å². The minimum absolute atomic E-state index is 0.125. The fraction of sp³-hybridized carbons (Fsp3) is 0.0938. The molecule has 0 amide bonds.